The number of piperazine rings is 1. The van der Waals surface area contributed by atoms with Crippen molar-refractivity contribution in [1.29, 1.82) is 0 Å². The van der Waals surface area contributed by atoms with Gasteiger partial charge in [-0.1, -0.05) is 0 Å². The Morgan fingerprint density at radius 3 is 2.32 bits per heavy atom. The summed E-state index contributed by atoms with van der Waals surface area (Å²) >= 11 is 0. The molecule has 0 spiro atoms. The van der Waals surface area contributed by atoms with Crippen LogP contribution in [0.3, 0.4) is 0 Å². The van der Waals surface area contributed by atoms with Crippen molar-refractivity contribution in [2.45, 2.75) is 32.7 Å². The van der Waals surface area contributed by atoms with Crippen molar-refractivity contribution in [2.24, 2.45) is 5.92 Å². The topological polar surface area (TPSA) is 45.1 Å². The van der Waals surface area contributed by atoms with Gasteiger partial charge in [-0.05, 0) is 20.8 Å². The Labute approximate surface area is 115 Å². The van der Waals surface area contributed by atoms with Crippen molar-refractivity contribution in [3.8, 4) is 0 Å². The highest BCUT2D eigenvalue weighted by molar-refractivity contribution is 5.89. The Bertz CT molecular complexity index is 367. The Hall–Kier alpha value is -1.10. The van der Waals surface area contributed by atoms with Crippen LogP contribution in [0.25, 0.3) is 0 Å². The molecule has 2 fully saturated rings. The highest BCUT2D eigenvalue weighted by Gasteiger charge is 2.41. The summed E-state index contributed by atoms with van der Waals surface area (Å²) in [5, 5.41) is 0. The van der Waals surface area contributed by atoms with Gasteiger partial charge in [0.05, 0.1) is 39.1 Å². The molecule has 0 aliphatic carbocycles. The number of carbonyl (C=O) groups is 2. The summed E-state index contributed by atoms with van der Waals surface area (Å²) in [6.45, 7) is 10.3. The van der Waals surface area contributed by atoms with E-state index in [1.807, 2.05) is 30.6 Å². The molecular formula is C14H26N3O2+. The van der Waals surface area contributed by atoms with Crippen LogP contribution in [0.4, 0.5) is 0 Å². The van der Waals surface area contributed by atoms with E-state index in [2.05, 4.69) is 7.05 Å². The van der Waals surface area contributed by atoms with Gasteiger partial charge in [-0.3, -0.25) is 9.59 Å². The van der Waals surface area contributed by atoms with Gasteiger partial charge in [-0.2, -0.15) is 0 Å². The molecule has 19 heavy (non-hydrogen) atoms. The van der Waals surface area contributed by atoms with Crippen LogP contribution in [0.15, 0.2) is 0 Å². The molecule has 2 rings (SSSR count). The third kappa shape index (κ3) is 3.08. The van der Waals surface area contributed by atoms with Crippen molar-refractivity contribution in [2.75, 3.05) is 39.8 Å². The fraction of sp³-hybridized carbons (Fsp3) is 0.857. The minimum Gasteiger partial charge on any atom is -0.337 e. The van der Waals surface area contributed by atoms with E-state index in [0.717, 1.165) is 26.2 Å². The summed E-state index contributed by atoms with van der Waals surface area (Å²) in [4.78, 5) is 29.7. The molecule has 2 aliphatic rings. The molecule has 5 heteroatoms. The molecule has 0 aromatic carbocycles. The van der Waals surface area contributed by atoms with Crippen LogP contribution in [-0.2, 0) is 9.59 Å². The zero-order chi connectivity index (χ0) is 14.2. The number of carbonyl (C=O) groups excluding carboxylic acids is 2. The van der Waals surface area contributed by atoms with Crippen molar-refractivity contribution in [1.82, 2.24) is 9.80 Å². The van der Waals surface area contributed by atoms with E-state index in [1.165, 1.54) is 4.90 Å². The van der Waals surface area contributed by atoms with Gasteiger partial charge in [0.1, 0.15) is 0 Å². The van der Waals surface area contributed by atoms with Crippen LogP contribution in [0, 0.1) is 5.92 Å². The molecule has 5 nitrogen and oxygen atoms in total. The number of amides is 2. The molecule has 108 valence electrons. The molecule has 1 N–H and O–H groups in total. The molecule has 0 unspecified atom stereocenters. The maximum atomic E-state index is 12.5. The maximum absolute atomic E-state index is 12.5. The third-order valence-electron chi connectivity index (χ3n) is 4.21. The zero-order valence-electron chi connectivity index (χ0n) is 12.5. The SMILES string of the molecule is C[NH+]1CCN(C(=O)[C@@H]2CC(=O)N(C(C)(C)C)C2)CC1. The van der Waals surface area contributed by atoms with Crippen LogP contribution >= 0.6 is 0 Å². The standard InChI is InChI=1S/C14H25N3O2/c1-14(2,3)17-10-11(9-12(17)18)13(19)16-7-5-15(4)6-8-16/h11H,5-10H2,1-4H3/p+1/t11-/m1/s1. The minimum absolute atomic E-state index is 0.116. The van der Waals surface area contributed by atoms with Gasteiger partial charge in [0, 0.05) is 18.5 Å². The molecule has 0 aromatic rings. The van der Waals surface area contributed by atoms with Gasteiger partial charge in [-0.15, -0.1) is 0 Å². The summed E-state index contributed by atoms with van der Waals surface area (Å²) in [5.74, 6) is 0.156. The average molecular weight is 268 g/mol. The highest BCUT2D eigenvalue weighted by atomic mass is 16.2. The first kappa shape index (κ1) is 14.3. The number of nitrogens with one attached hydrogen (secondary N) is 1. The van der Waals surface area contributed by atoms with Crippen molar-refractivity contribution in [3.05, 3.63) is 0 Å². The lowest BCUT2D eigenvalue weighted by Gasteiger charge is -2.33. The number of likely N-dealkylation sites (N-methyl/N-ethyl adjacent to an activating group) is 1. The fourth-order valence-corrected chi connectivity index (χ4v) is 2.89. The summed E-state index contributed by atoms with van der Waals surface area (Å²) in [5.41, 5.74) is -0.182. The smallest absolute Gasteiger partial charge is 0.228 e. The van der Waals surface area contributed by atoms with Crippen molar-refractivity contribution < 1.29 is 14.5 Å². The number of nitrogens with zero attached hydrogens (tertiary/aromatic N) is 2. The lowest BCUT2D eigenvalue weighted by Crippen LogP contribution is -3.12. The monoisotopic (exact) mass is 268 g/mol. The number of quaternary nitrogens is 1. The normalized spacial score (nSPS) is 26.1. The van der Waals surface area contributed by atoms with Crippen molar-refractivity contribution >= 4 is 11.8 Å². The van der Waals surface area contributed by atoms with E-state index in [-0.39, 0.29) is 23.3 Å². The molecule has 0 saturated carbocycles. The summed E-state index contributed by atoms with van der Waals surface area (Å²) < 4.78 is 0. The van der Waals surface area contributed by atoms with Gasteiger partial charge in [0.15, 0.2) is 0 Å². The molecule has 0 bridgehead atoms. The second-order valence-corrected chi connectivity index (χ2v) is 6.86. The Kier molecular flexibility index (Phi) is 3.85. The van der Waals surface area contributed by atoms with Gasteiger partial charge < -0.3 is 14.7 Å². The molecule has 1 atom stereocenters. The second kappa shape index (κ2) is 5.12. The van der Waals surface area contributed by atoms with E-state index in [4.69, 9.17) is 0 Å². The molecule has 2 heterocycles. The summed E-state index contributed by atoms with van der Waals surface area (Å²) in [6, 6.07) is 0. The lowest BCUT2D eigenvalue weighted by atomic mass is 10.1. The average Bonchev–Trinajstić information content (AvgIpc) is 2.71. The van der Waals surface area contributed by atoms with E-state index in [0.29, 0.717) is 13.0 Å². The van der Waals surface area contributed by atoms with Crippen molar-refractivity contribution in [3.63, 3.8) is 0 Å². The minimum atomic E-state index is -0.182. The number of likely N-dealkylation sites (tertiary alicyclic amines) is 1. The molecule has 0 radical (unpaired) electrons. The predicted molar refractivity (Wildman–Crippen MR) is 72.8 cm³/mol. The van der Waals surface area contributed by atoms with Gasteiger partial charge in [-0.25, -0.2) is 0 Å². The fourth-order valence-electron chi connectivity index (χ4n) is 2.89. The third-order valence-corrected chi connectivity index (χ3v) is 4.21. The maximum Gasteiger partial charge on any atom is 0.228 e. The Morgan fingerprint density at radius 2 is 1.84 bits per heavy atom. The van der Waals surface area contributed by atoms with E-state index in [9.17, 15) is 9.59 Å². The van der Waals surface area contributed by atoms with Crippen LogP contribution < -0.4 is 4.90 Å². The molecule has 2 aliphatic heterocycles. The van der Waals surface area contributed by atoms with E-state index < -0.39 is 0 Å². The van der Waals surface area contributed by atoms with Gasteiger partial charge in [0.25, 0.3) is 0 Å². The molecule has 0 aromatic heterocycles. The van der Waals surface area contributed by atoms with Gasteiger partial charge in [0.2, 0.25) is 11.8 Å². The second-order valence-electron chi connectivity index (χ2n) is 6.86. The van der Waals surface area contributed by atoms with Crippen LogP contribution in [-0.4, -0.2) is 66.9 Å². The number of hydrogen-bond donors (Lipinski definition) is 1. The first-order chi connectivity index (χ1) is 8.79. The first-order valence-electron chi connectivity index (χ1n) is 7.19. The highest BCUT2D eigenvalue weighted by Crippen LogP contribution is 2.26. The summed E-state index contributed by atoms with van der Waals surface area (Å²) in [6.07, 6.45) is 0.384. The van der Waals surface area contributed by atoms with E-state index in [1.54, 1.807) is 0 Å². The molecule has 2 saturated heterocycles. The summed E-state index contributed by atoms with van der Waals surface area (Å²) in [7, 11) is 2.16. The quantitative estimate of drug-likeness (QED) is 0.662. The lowest BCUT2D eigenvalue weighted by molar-refractivity contribution is -0.883. The first-order valence-corrected chi connectivity index (χ1v) is 7.19. The molecular weight excluding hydrogens is 242 g/mol. The number of rotatable bonds is 1. The Morgan fingerprint density at radius 1 is 1.26 bits per heavy atom. The van der Waals surface area contributed by atoms with Crippen LogP contribution in [0.2, 0.25) is 0 Å². The van der Waals surface area contributed by atoms with E-state index >= 15 is 0 Å². The zero-order valence-corrected chi connectivity index (χ0v) is 12.5. The van der Waals surface area contributed by atoms with Gasteiger partial charge >= 0.3 is 0 Å². The largest absolute Gasteiger partial charge is 0.337 e. The molecule has 2 amide bonds. The van der Waals surface area contributed by atoms with Crippen LogP contribution in [0.1, 0.15) is 27.2 Å². The predicted octanol–water partition coefficient (Wildman–Crippen LogP) is -1.01. The number of hydrogen-bond acceptors (Lipinski definition) is 2. The Balaban J connectivity index is 1.96. The van der Waals surface area contributed by atoms with Crippen LogP contribution in [0.5, 0.6) is 0 Å².